The number of fused-ring (bicyclic) bond motifs is 1. The Morgan fingerprint density at radius 2 is 1.95 bits per heavy atom. The van der Waals surface area contributed by atoms with Crippen molar-refractivity contribution >= 4 is 5.78 Å². The minimum absolute atomic E-state index is 0.0952. The zero-order valence-electron chi connectivity index (χ0n) is 12.3. The van der Waals surface area contributed by atoms with Crippen LogP contribution in [0.3, 0.4) is 0 Å². The van der Waals surface area contributed by atoms with E-state index in [1.54, 1.807) is 0 Å². The molecule has 0 amide bonds. The number of aromatic nitrogens is 2. The number of nitrogens with zero attached hydrogens (tertiary/aromatic N) is 1. The molecule has 1 aromatic carbocycles. The highest BCUT2D eigenvalue weighted by Crippen LogP contribution is 2.36. The minimum atomic E-state index is 0.0952. The molecule has 0 radical (unpaired) electrons. The first-order chi connectivity index (χ1) is 10.7. The Kier molecular flexibility index (Phi) is 2.96. The molecule has 110 valence electrons. The number of benzene rings is 1. The highest BCUT2D eigenvalue weighted by Gasteiger charge is 2.32. The number of Topliss-reactive ketones (excluding diaryl/α,β-unsaturated/α-hetero) is 1. The third-order valence-electron chi connectivity index (χ3n) is 4.21. The number of rotatable bonds is 2. The van der Waals surface area contributed by atoms with E-state index in [0.717, 1.165) is 40.5 Å². The molecular weight excluding hydrogens is 276 g/mol. The van der Waals surface area contributed by atoms with Gasteiger partial charge in [-0.1, -0.05) is 30.3 Å². The van der Waals surface area contributed by atoms with Crippen LogP contribution in [-0.2, 0) is 6.42 Å². The summed E-state index contributed by atoms with van der Waals surface area (Å²) in [6, 6.07) is 13.7. The van der Waals surface area contributed by atoms with Gasteiger partial charge in [0.25, 0.3) is 0 Å². The van der Waals surface area contributed by atoms with E-state index in [1.807, 2.05) is 49.4 Å². The molecule has 1 aliphatic carbocycles. The Labute approximate surface area is 128 Å². The number of aryl methyl sites for hydroxylation is 1. The van der Waals surface area contributed by atoms with Gasteiger partial charge in [0, 0.05) is 30.0 Å². The van der Waals surface area contributed by atoms with Crippen molar-refractivity contribution in [3.05, 3.63) is 65.2 Å². The second kappa shape index (κ2) is 4.98. The van der Waals surface area contributed by atoms with Gasteiger partial charge in [-0.2, -0.15) is 5.10 Å². The average Bonchev–Trinajstić information content (AvgIpc) is 3.14. The highest BCUT2D eigenvalue weighted by molar-refractivity contribution is 6.03. The second-order valence-corrected chi connectivity index (χ2v) is 5.77. The van der Waals surface area contributed by atoms with Gasteiger partial charge in [0.1, 0.15) is 17.2 Å². The van der Waals surface area contributed by atoms with Crippen molar-refractivity contribution in [2.45, 2.75) is 25.7 Å². The SMILES string of the molecule is Cc1ccc(C2CC(=O)c3c(-c4ccccc4)n[nH]c3C2)o1. The Morgan fingerprint density at radius 3 is 2.68 bits per heavy atom. The molecule has 0 saturated heterocycles. The number of hydrogen-bond acceptors (Lipinski definition) is 3. The summed E-state index contributed by atoms with van der Waals surface area (Å²) < 4.78 is 5.69. The summed E-state index contributed by atoms with van der Waals surface area (Å²) >= 11 is 0. The lowest BCUT2D eigenvalue weighted by Crippen LogP contribution is -2.18. The van der Waals surface area contributed by atoms with Gasteiger partial charge in [0.2, 0.25) is 0 Å². The van der Waals surface area contributed by atoms with E-state index < -0.39 is 0 Å². The molecule has 0 saturated carbocycles. The maximum atomic E-state index is 12.6. The summed E-state index contributed by atoms with van der Waals surface area (Å²) in [5.41, 5.74) is 3.38. The molecule has 1 unspecified atom stereocenters. The quantitative estimate of drug-likeness (QED) is 0.779. The Bertz CT molecular complexity index is 830. The smallest absolute Gasteiger partial charge is 0.167 e. The lowest BCUT2D eigenvalue weighted by Gasteiger charge is -2.19. The predicted molar refractivity (Wildman–Crippen MR) is 82.9 cm³/mol. The molecule has 1 atom stereocenters. The Morgan fingerprint density at radius 1 is 1.14 bits per heavy atom. The lowest BCUT2D eigenvalue weighted by atomic mass is 9.83. The standard InChI is InChI=1S/C18H16N2O2/c1-11-7-8-16(22-11)13-9-14-17(15(21)10-13)18(20-19-14)12-5-3-2-4-6-12/h2-8,13H,9-10H2,1H3,(H,19,20). The summed E-state index contributed by atoms with van der Waals surface area (Å²) in [5.74, 6) is 1.99. The molecule has 1 N–H and O–H groups in total. The molecule has 0 aliphatic heterocycles. The molecule has 4 heteroatoms. The summed E-state index contributed by atoms with van der Waals surface area (Å²) in [7, 11) is 0. The van der Waals surface area contributed by atoms with E-state index in [0.29, 0.717) is 6.42 Å². The van der Waals surface area contributed by atoms with Crippen LogP contribution in [0.1, 0.15) is 39.9 Å². The van der Waals surface area contributed by atoms with Crippen LogP contribution in [0.15, 0.2) is 46.9 Å². The van der Waals surface area contributed by atoms with E-state index in [1.165, 1.54) is 0 Å². The fourth-order valence-electron chi connectivity index (χ4n) is 3.15. The van der Waals surface area contributed by atoms with Crippen molar-refractivity contribution in [1.29, 1.82) is 0 Å². The highest BCUT2D eigenvalue weighted by atomic mass is 16.3. The first kappa shape index (κ1) is 13.1. The zero-order chi connectivity index (χ0) is 15.1. The molecule has 0 bridgehead atoms. The summed E-state index contributed by atoms with van der Waals surface area (Å²) in [4.78, 5) is 12.6. The number of hydrogen-bond donors (Lipinski definition) is 1. The maximum Gasteiger partial charge on any atom is 0.167 e. The molecule has 0 fully saturated rings. The fraction of sp³-hybridized carbons (Fsp3) is 0.222. The molecule has 0 spiro atoms. The Hall–Kier alpha value is -2.62. The van der Waals surface area contributed by atoms with Crippen LogP contribution in [0.2, 0.25) is 0 Å². The molecule has 22 heavy (non-hydrogen) atoms. The van der Waals surface area contributed by atoms with Gasteiger partial charge < -0.3 is 4.42 Å². The van der Waals surface area contributed by atoms with Gasteiger partial charge in [-0.05, 0) is 19.1 Å². The van der Waals surface area contributed by atoms with Gasteiger partial charge in [0.15, 0.2) is 5.78 Å². The van der Waals surface area contributed by atoms with Crippen LogP contribution in [0.4, 0.5) is 0 Å². The molecule has 2 aromatic heterocycles. The normalized spacial score (nSPS) is 17.5. The molecule has 1 aliphatic rings. The number of ketones is 1. The lowest BCUT2D eigenvalue weighted by molar-refractivity contribution is 0.0960. The van der Waals surface area contributed by atoms with Crippen molar-refractivity contribution in [1.82, 2.24) is 10.2 Å². The van der Waals surface area contributed by atoms with Gasteiger partial charge in [0.05, 0.1) is 5.56 Å². The summed E-state index contributed by atoms with van der Waals surface area (Å²) in [6.45, 7) is 1.92. The first-order valence-electron chi connectivity index (χ1n) is 7.44. The summed E-state index contributed by atoms with van der Waals surface area (Å²) in [5, 5.41) is 7.42. The van der Waals surface area contributed by atoms with Crippen molar-refractivity contribution < 1.29 is 9.21 Å². The van der Waals surface area contributed by atoms with Crippen LogP contribution in [-0.4, -0.2) is 16.0 Å². The van der Waals surface area contributed by atoms with Crippen LogP contribution in [0, 0.1) is 6.92 Å². The van der Waals surface area contributed by atoms with E-state index in [-0.39, 0.29) is 11.7 Å². The van der Waals surface area contributed by atoms with Crippen molar-refractivity contribution in [2.75, 3.05) is 0 Å². The fourth-order valence-corrected chi connectivity index (χ4v) is 3.15. The van der Waals surface area contributed by atoms with E-state index in [9.17, 15) is 4.79 Å². The van der Waals surface area contributed by atoms with Gasteiger partial charge in [-0.25, -0.2) is 0 Å². The molecule has 4 rings (SSSR count). The second-order valence-electron chi connectivity index (χ2n) is 5.77. The van der Waals surface area contributed by atoms with Crippen LogP contribution >= 0.6 is 0 Å². The van der Waals surface area contributed by atoms with E-state index >= 15 is 0 Å². The topological polar surface area (TPSA) is 58.9 Å². The molecule has 3 aromatic rings. The van der Waals surface area contributed by atoms with Gasteiger partial charge >= 0.3 is 0 Å². The molecule has 2 heterocycles. The van der Waals surface area contributed by atoms with Crippen LogP contribution < -0.4 is 0 Å². The number of furan rings is 1. The van der Waals surface area contributed by atoms with Gasteiger partial charge in [-0.15, -0.1) is 0 Å². The number of aromatic amines is 1. The number of nitrogens with one attached hydrogen (secondary N) is 1. The third-order valence-corrected chi connectivity index (χ3v) is 4.21. The maximum absolute atomic E-state index is 12.6. The van der Waals surface area contributed by atoms with Crippen LogP contribution in [0.5, 0.6) is 0 Å². The monoisotopic (exact) mass is 292 g/mol. The average molecular weight is 292 g/mol. The number of carbonyl (C=O) groups is 1. The third kappa shape index (κ3) is 2.08. The first-order valence-corrected chi connectivity index (χ1v) is 7.44. The van der Waals surface area contributed by atoms with Crippen molar-refractivity contribution in [3.8, 4) is 11.3 Å². The summed E-state index contributed by atoms with van der Waals surface area (Å²) in [6.07, 6.45) is 1.23. The zero-order valence-corrected chi connectivity index (χ0v) is 12.3. The van der Waals surface area contributed by atoms with E-state index in [2.05, 4.69) is 10.2 Å². The van der Waals surface area contributed by atoms with Gasteiger partial charge in [-0.3, -0.25) is 9.89 Å². The largest absolute Gasteiger partial charge is 0.466 e. The van der Waals surface area contributed by atoms with Crippen molar-refractivity contribution in [3.63, 3.8) is 0 Å². The number of carbonyl (C=O) groups excluding carboxylic acids is 1. The predicted octanol–water partition coefficient (Wildman–Crippen LogP) is 3.89. The van der Waals surface area contributed by atoms with Crippen molar-refractivity contribution in [2.24, 2.45) is 0 Å². The Balaban J connectivity index is 1.72. The van der Waals surface area contributed by atoms with E-state index in [4.69, 9.17) is 4.42 Å². The minimum Gasteiger partial charge on any atom is -0.466 e. The number of H-pyrrole nitrogens is 1. The molecular formula is C18H16N2O2. The molecule has 4 nitrogen and oxygen atoms in total. The van der Waals surface area contributed by atoms with Crippen LogP contribution in [0.25, 0.3) is 11.3 Å².